The molecule has 5 rings (SSSR count). The highest BCUT2D eigenvalue weighted by Crippen LogP contribution is 2.35. The summed E-state index contributed by atoms with van der Waals surface area (Å²) in [5.74, 6) is 2.21. The van der Waals surface area contributed by atoms with E-state index in [-0.39, 0.29) is 11.5 Å². The number of aryl methyl sites for hydroxylation is 2. The summed E-state index contributed by atoms with van der Waals surface area (Å²) in [6.07, 6.45) is 7.98. The van der Waals surface area contributed by atoms with E-state index in [1.54, 1.807) is 48.8 Å². The largest absolute Gasteiger partial charge is 0.489 e. The number of pyridine rings is 1. The van der Waals surface area contributed by atoms with Crippen LogP contribution in [0.25, 0.3) is 0 Å². The number of nitrogens with zero attached hydrogens (tertiary/aromatic N) is 1. The van der Waals surface area contributed by atoms with Crippen molar-refractivity contribution in [1.29, 1.82) is 0 Å². The van der Waals surface area contributed by atoms with Crippen LogP contribution in [0.1, 0.15) is 36.8 Å². The summed E-state index contributed by atoms with van der Waals surface area (Å²) in [7, 11) is 0. The topological polar surface area (TPSA) is 75.8 Å². The van der Waals surface area contributed by atoms with Gasteiger partial charge in [0.2, 0.25) is 0 Å². The van der Waals surface area contributed by atoms with E-state index in [0.717, 1.165) is 42.5 Å². The molecule has 0 aliphatic heterocycles. The van der Waals surface area contributed by atoms with Crippen molar-refractivity contribution >= 4 is 5.69 Å². The van der Waals surface area contributed by atoms with Gasteiger partial charge in [-0.3, -0.25) is 4.98 Å². The quantitative estimate of drug-likeness (QED) is 0.265. The minimum atomic E-state index is -2.81. The molecule has 0 atom stereocenters. The van der Waals surface area contributed by atoms with Gasteiger partial charge in [-0.1, -0.05) is 12.1 Å². The number of ether oxygens (including phenoxy) is 4. The summed E-state index contributed by atoms with van der Waals surface area (Å²) in [5.41, 5.74) is 8.01. The van der Waals surface area contributed by atoms with Gasteiger partial charge >= 0.3 is 13.2 Å². The van der Waals surface area contributed by atoms with E-state index in [4.69, 9.17) is 15.2 Å². The fourth-order valence-electron chi connectivity index (χ4n) is 3.19. The third-order valence-corrected chi connectivity index (χ3v) is 5.68. The van der Waals surface area contributed by atoms with E-state index in [1.807, 2.05) is 13.8 Å². The fourth-order valence-corrected chi connectivity index (χ4v) is 3.19. The highest BCUT2D eigenvalue weighted by atomic mass is 19.3. The molecule has 0 saturated heterocycles. The summed E-state index contributed by atoms with van der Waals surface area (Å²) < 4.78 is 68.3. The van der Waals surface area contributed by atoms with E-state index in [1.165, 1.54) is 12.1 Å². The Bertz CT molecular complexity index is 1070. The summed E-state index contributed by atoms with van der Waals surface area (Å²) in [4.78, 5) is 3.77. The Hall–Kier alpha value is -3.69. The molecular weight excluding hydrogens is 516 g/mol. The molecule has 1 aromatic heterocycles. The van der Waals surface area contributed by atoms with E-state index >= 15 is 0 Å². The summed E-state index contributed by atoms with van der Waals surface area (Å²) in [6.45, 7) is -0.685. The molecule has 2 fully saturated rings. The number of benzene rings is 2. The molecule has 2 aromatic carbocycles. The molecular formula is C29H34F4N2O4. The van der Waals surface area contributed by atoms with Gasteiger partial charge in [0.15, 0.2) is 23.0 Å². The zero-order chi connectivity index (χ0) is 28.2. The van der Waals surface area contributed by atoms with Gasteiger partial charge in [0.25, 0.3) is 0 Å². The second-order valence-corrected chi connectivity index (χ2v) is 9.45. The van der Waals surface area contributed by atoms with E-state index < -0.39 is 13.2 Å². The third kappa shape index (κ3) is 12.1. The van der Waals surface area contributed by atoms with Gasteiger partial charge < -0.3 is 24.7 Å². The smallest absolute Gasteiger partial charge is 0.387 e. The van der Waals surface area contributed by atoms with Crippen molar-refractivity contribution in [2.75, 3.05) is 18.9 Å². The second-order valence-electron chi connectivity index (χ2n) is 9.45. The number of anilines is 1. The average Bonchev–Trinajstić information content (AvgIpc) is 3.80. The van der Waals surface area contributed by atoms with Crippen LogP contribution in [-0.4, -0.2) is 31.4 Å². The minimum Gasteiger partial charge on any atom is -0.489 e. The predicted molar refractivity (Wildman–Crippen MR) is 141 cm³/mol. The van der Waals surface area contributed by atoms with Gasteiger partial charge in [-0.2, -0.15) is 17.6 Å². The molecule has 2 saturated carbocycles. The van der Waals surface area contributed by atoms with Gasteiger partial charge in [-0.05, 0) is 98.9 Å². The molecule has 0 radical (unpaired) electrons. The number of nitrogens with two attached hydrogens (primary N) is 1. The number of hydrogen-bond acceptors (Lipinski definition) is 6. The van der Waals surface area contributed by atoms with Crippen molar-refractivity contribution in [3.63, 3.8) is 0 Å². The minimum absolute atomic E-state index is 0.112. The van der Waals surface area contributed by atoms with Gasteiger partial charge in [0.05, 0.1) is 13.2 Å². The number of nitrogen functional groups attached to an aromatic ring is 1. The number of halogens is 4. The van der Waals surface area contributed by atoms with Crippen molar-refractivity contribution in [3.8, 4) is 23.0 Å². The van der Waals surface area contributed by atoms with Crippen LogP contribution in [0.5, 0.6) is 23.0 Å². The Morgan fingerprint density at radius 1 is 0.692 bits per heavy atom. The fraction of sp³-hybridized carbons (Fsp3) is 0.414. The number of alkyl halides is 4. The summed E-state index contributed by atoms with van der Waals surface area (Å²) in [6, 6.07) is 13.4. The van der Waals surface area contributed by atoms with Crippen molar-refractivity contribution in [2.24, 2.45) is 11.8 Å². The van der Waals surface area contributed by atoms with Crippen LogP contribution < -0.4 is 24.7 Å². The monoisotopic (exact) mass is 550 g/mol. The molecule has 0 amide bonds. The van der Waals surface area contributed by atoms with Gasteiger partial charge in [-0.15, -0.1) is 0 Å². The third-order valence-electron chi connectivity index (χ3n) is 5.68. The first kappa shape index (κ1) is 29.9. The predicted octanol–water partition coefficient (Wildman–Crippen LogP) is 7.43. The van der Waals surface area contributed by atoms with Crippen LogP contribution in [0.2, 0.25) is 0 Å². The van der Waals surface area contributed by atoms with Crippen molar-refractivity contribution < 1.29 is 36.5 Å². The van der Waals surface area contributed by atoms with Crippen molar-refractivity contribution in [1.82, 2.24) is 4.98 Å². The van der Waals surface area contributed by atoms with Crippen LogP contribution in [0.3, 0.4) is 0 Å². The Labute approximate surface area is 226 Å². The van der Waals surface area contributed by atoms with E-state index in [0.29, 0.717) is 36.5 Å². The molecule has 2 aliphatic carbocycles. The number of rotatable bonds is 10. The molecule has 212 valence electrons. The van der Waals surface area contributed by atoms with Crippen LogP contribution in [0.15, 0.2) is 60.9 Å². The van der Waals surface area contributed by atoms with Crippen LogP contribution >= 0.6 is 0 Å². The van der Waals surface area contributed by atoms with Crippen molar-refractivity contribution in [3.05, 3.63) is 72.1 Å². The number of hydrogen-bond donors (Lipinski definition) is 1. The lowest BCUT2D eigenvalue weighted by Crippen LogP contribution is -2.06. The SMILES string of the molecule is Cc1ccc(OC(F)F)c(OCC2CC2)c1.Cc1ccc(OC(F)F)c(OCC2CC2)c1.Nc1ccncc1. The van der Waals surface area contributed by atoms with Crippen molar-refractivity contribution in [2.45, 2.75) is 52.8 Å². The van der Waals surface area contributed by atoms with E-state index in [2.05, 4.69) is 14.5 Å². The zero-order valence-electron chi connectivity index (χ0n) is 22.0. The van der Waals surface area contributed by atoms with Gasteiger partial charge in [0, 0.05) is 18.1 Å². The molecule has 1 heterocycles. The standard InChI is InChI=1S/2C12H14F2O2.C5H6N2/c2*1-8-2-5-10(16-12(13)14)11(6-8)15-7-9-3-4-9;6-5-1-3-7-4-2-5/h2*2,5-6,9,12H,3-4,7H2,1H3;1-4H,(H2,6,7). The number of aromatic nitrogens is 1. The maximum absolute atomic E-state index is 12.1. The van der Waals surface area contributed by atoms with Crippen LogP contribution in [0, 0.1) is 25.7 Å². The molecule has 10 heteroatoms. The molecule has 3 aromatic rings. The maximum atomic E-state index is 12.1. The lowest BCUT2D eigenvalue weighted by atomic mass is 10.2. The summed E-state index contributed by atoms with van der Waals surface area (Å²) in [5, 5.41) is 0. The molecule has 2 aliphatic rings. The van der Waals surface area contributed by atoms with Gasteiger partial charge in [0.1, 0.15) is 0 Å². The van der Waals surface area contributed by atoms with E-state index in [9.17, 15) is 17.6 Å². The highest BCUT2D eigenvalue weighted by molar-refractivity contribution is 5.43. The average molecular weight is 551 g/mol. The molecule has 0 spiro atoms. The molecule has 6 nitrogen and oxygen atoms in total. The second kappa shape index (κ2) is 15.0. The first-order valence-corrected chi connectivity index (χ1v) is 12.7. The Morgan fingerprint density at radius 2 is 1.10 bits per heavy atom. The lowest BCUT2D eigenvalue weighted by Gasteiger charge is -2.12. The molecule has 2 N–H and O–H groups in total. The molecule has 0 unspecified atom stereocenters. The molecule has 0 bridgehead atoms. The Morgan fingerprint density at radius 3 is 1.41 bits per heavy atom. The van der Waals surface area contributed by atoms with Crippen LogP contribution in [-0.2, 0) is 0 Å². The zero-order valence-corrected chi connectivity index (χ0v) is 22.0. The lowest BCUT2D eigenvalue weighted by molar-refractivity contribution is -0.0521. The Balaban J connectivity index is 0.000000174. The first-order valence-electron chi connectivity index (χ1n) is 12.7. The highest BCUT2D eigenvalue weighted by Gasteiger charge is 2.23. The van der Waals surface area contributed by atoms with Gasteiger partial charge in [-0.25, -0.2) is 0 Å². The first-order chi connectivity index (χ1) is 18.7. The maximum Gasteiger partial charge on any atom is 0.387 e. The van der Waals surface area contributed by atoms with Crippen LogP contribution in [0.4, 0.5) is 23.2 Å². The Kier molecular flexibility index (Phi) is 11.5. The molecule has 39 heavy (non-hydrogen) atoms. The summed E-state index contributed by atoms with van der Waals surface area (Å²) >= 11 is 0. The normalized spacial score (nSPS) is 14.1.